The van der Waals surface area contributed by atoms with Gasteiger partial charge in [-0.1, -0.05) is 18.2 Å². The number of rotatable bonds is 5. The topological polar surface area (TPSA) is 124 Å². The largest absolute Gasteiger partial charge is 0.490 e. The van der Waals surface area contributed by atoms with Crippen molar-refractivity contribution in [3.05, 3.63) is 78.5 Å². The van der Waals surface area contributed by atoms with Crippen molar-refractivity contribution in [2.75, 3.05) is 32.1 Å². The molecule has 45 heavy (non-hydrogen) atoms. The SMILES string of the molecule is CN(C)c1ccc(CN2CCC(c3nc4ccc(-c5cccnc5)cn4n3)CC2)cc1.O=C(O)C(F)(F)F.O=C(O)C(F)(F)F. The number of nitrogens with zero attached hydrogens (tertiary/aromatic N) is 6. The Hall–Kier alpha value is -4.73. The van der Waals surface area contributed by atoms with E-state index in [2.05, 4.69) is 71.5 Å². The lowest BCUT2D eigenvalue weighted by Gasteiger charge is -2.30. The first-order chi connectivity index (χ1) is 21.0. The van der Waals surface area contributed by atoms with Gasteiger partial charge < -0.3 is 15.1 Å². The molecule has 3 aromatic heterocycles. The number of alkyl halides is 6. The van der Waals surface area contributed by atoms with Crippen molar-refractivity contribution in [1.82, 2.24) is 24.5 Å². The minimum absolute atomic E-state index is 0.425. The second-order valence-corrected chi connectivity index (χ2v) is 10.1. The Morgan fingerprint density at radius 2 is 1.47 bits per heavy atom. The summed E-state index contributed by atoms with van der Waals surface area (Å²) in [6.07, 6.45) is -2.25. The number of aliphatic carboxylic acids is 2. The molecule has 1 saturated heterocycles. The molecular formula is C29H30F6N6O4. The molecule has 0 unspecified atom stereocenters. The maximum atomic E-state index is 10.6. The van der Waals surface area contributed by atoms with Crippen molar-refractivity contribution >= 4 is 23.3 Å². The number of piperidine rings is 1. The molecule has 1 aliphatic rings. The summed E-state index contributed by atoms with van der Waals surface area (Å²) in [4.78, 5) is 31.5. The summed E-state index contributed by atoms with van der Waals surface area (Å²) in [5.41, 5.74) is 5.72. The number of carboxylic acids is 2. The Bertz CT molecular complexity index is 1530. The fraction of sp³-hybridized carbons (Fsp3) is 0.345. The molecule has 242 valence electrons. The fourth-order valence-corrected chi connectivity index (χ4v) is 4.28. The number of hydrogen-bond acceptors (Lipinski definition) is 7. The van der Waals surface area contributed by atoms with Gasteiger partial charge in [0.2, 0.25) is 0 Å². The molecule has 2 N–H and O–H groups in total. The standard InChI is InChI=1S/C25H28N6.2C2HF3O2/c1-29(2)23-8-5-19(6-9-23)17-30-14-11-20(12-15-30)25-27-24-10-7-22(18-31(24)28-25)21-4-3-13-26-16-21;2*3-2(4,5)1(6)7/h3-10,13,16,18,20H,11-12,14-15,17H2,1-2H3;2*(H,6,7). The van der Waals surface area contributed by atoms with E-state index in [-0.39, 0.29) is 0 Å². The molecule has 5 rings (SSSR count). The maximum absolute atomic E-state index is 10.6. The van der Waals surface area contributed by atoms with Crippen molar-refractivity contribution in [2.45, 2.75) is 37.7 Å². The van der Waals surface area contributed by atoms with Crippen LogP contribution in [-0.4, -0.2) is 86.2 Å². The van der Waals surface area contributed by atoms with E-state index in [0.29, 0.717) is 5.92 Å². The van der Waals surface area contributed by atoms with E-state index in [1.807, 2.05) is 22.8 Å². The number of likely N-dealkylation sites (tertiary alicyclic amines) is 1. The van der Waals surface area contributed by atoms with Gasteiger partial charge in [-0.05, 0) is 61.8 Å². The van der Waals surface area contributed by atoms with Crippen LogP contribution in [0.1, 0.15) is 30.1 Å². The molecular weight excluding hydrogens is 610 g/mol. The van der Waals surface area contributed by atoms with E-state index >= 15 is 0 Å². The molecule has 1 fully saturated rings. The lowest BCUT2D eigenvalue weighted by Crippen LogP contribution is -2.32. The second-order valence-electron chi connectivity index (χ2n) is 10.1. The quantitative estimate of drug-likeness (QED) is 0.272. The van der Waals surface area contributed by atoms with Crippen LogP contribution >= 0.6 is 0 Å². The molecule has 0 radical (unpaired) electrons. The number of carboxylic acid groups (broad SMARTS) is 2. The Balaban J connectivity index is 0.000000331. The lowest BCUT2D eigenvalue weighted by atomic mass is 9.96. The van der Waals surface area contributed by atoms with Crippen LogP contribution in [0.3, 0.4) is 0 Å². The first-order valence-corrected chi connectivity index (χ1v) is 13.4. The predicted molar refractivity (Wildman–Crippen MR) is 152 cm³/mol. The van der Waals surface area contributed by atoms with Gasteiger partial charge in [0, 0.05) is 62.0 Å². The van der Waals surface area contributed by atoms with E-state index in [0.717, 1.165) is 55.1 Å². The molecule has 0 amide bonds. The van der Waals surface area contributed by atoms with Crippen molar-refractivity contribution in [2.24, 2.45) is 0 Å². The highest BCUT2D eigenvalue weighted by Gasteiger charge is 2.38. The predicted octanol–water partition coefficient (Wildman–Crippen LogP) is 5.50. The molecule has 0 spiro atoms. The van der Waals surface area contributed by atoms with Gasteiger partial charge in [-0.3, -0.25) is 9.88 Å². The summed E-state index contributed by atoms with van der Waals surface area (Å²) in [5, 5.41) is 19.1. The van der Waals surface area contributed by atoms with Crippen molar-refractivity contribution in [3.63, 3.8) is 0 Å². The van der Waals surface area contributed by atoms with Crippen LogP contribution in [-0.2, 0) is 16.1 Å². The number of fused-ring (bicyclic) bond motifs is 1. The molecule has 1 aromatic carbocycles. The lowest BCUT2D eigenvalue weighted by molar-refractivity contribution is -0.193. The maximum Gasteiger partial charge on any atom is 0.490 e. The van der Waals surface area contributed by atoms with Crippen molar-refractivity contribution < 1.29 is 46.1 Å². The van der Waals surface area contributed by atoms with Gasteiger partial charge in [-0.25, -0.2) is 19.1 Å². The minimum Gasteiger partial charge on any atom is -0.475 e. The number of hydrogen-bond donors (Lipinski definition) is 2. The number of halogens is 6. The van der Waals surface area contributed by atoms with E-state index in [4.69, 9.17) is 29.9 Å². The highest BCUT2D eigenvalue weighted by Crippen LogP contribution is 2.28. The molecule has 0 aliphatic carbocycles. The Morgan fingerprint density at radius 1 is 0.889 bits per heavy atom. The number of aromatic nitrogens is 4. The molecule has 4 aromatic rings. The molecule has 10 nitrogen and oxygen atoms in total. The number of carbonyl (C=O) groups is 2. The summed E-state index contributed by atoms with van der Waals surface area (Å²) >= 11 is 0. The van der Waals surface area contributed by atoms with E-state index in [1.165, 1.54) is 11.3 Å². The Morgan fingerprint density at radius 3 is 1.96 bits per heavy atom. The normalized spacial score (nSPS) is 14.1. The van der Waals surface area contributed by atoms with E-state index < -0.39 is 24.3 Å². The average Bonchev–Trinajstić information content (AvgIpc) is 3.41. The van der Waals surface area contributed by atoms with Gasteiger partial charge in [0.1, 0.15) is 0 Å². The highest BCUT2D eigenvalue weighted by molar-refractivity contribution is 5.73. The second kappa shape index (κ2) is 14.8. The zero-order valence-electron chi connectivity index (χ0n) is 24.1. The molecule has 0 bridgehead atoms. The Labute approximate surface area is 253 Å². The van der Waals surface area contributed by atoms with Gasteiger partial charge >= 0.3 is 24.3 Å². The third-order valence-electron chi connectivity index (χ3n) is 6.64. The smallest absolute Gasteiger partial charge is 0.475 e. The fourth-order valence-electron chi connectivity index (χ4n) is 4.28. The minimum atomic E-state index is -5.08. The van der Waals surface area contributed by atoms with Crippen LogP contribution in [0.2, 0.25) is 0 Å². The van der Waals surface area contributed by atoms with Crippen LogP contribution in [0.25, 0.3) is 16.8 Å². The molecule has 16 heteroatoms. The Kier molecular flexibility index (Phi) is 11.5. The van der Waals surface area contributed by atoms with Gasteiger partial charge in [0.25, 0.3) is 0 Å². The van der Waals surface area contributed by atoms with Gasteiger partial charge in [0.05, 0.1) is 0 Å². The van der Waals surface area contributed by atoms with E-state index in [9.17, 15) is 26.3 Å². The molecule has 0 saturated carbocycles. The van der Waals surface area contributed by atoms with E-state index in [1.54, 1.807) is 6.20 Å². The highest BCUT2D eigenvalue weighted by atomic mass is 19.4. The number of pyridine rings is 2. The van der Waals surface area contributed by atoms with Crippen LogP contribution in [0, 0.1) is 0 Å². The molecule has 4 heterocycles. The van der Waals surface area contributed by atoms with Crippen LogP contribution in [0.4, 0.5) is 32.0 Å². The van der Waals surface area contributed by atoms with Crippen LogP contribution in [0.5, 0.6) is 0 Å². The first kappa shape index (κ1) is 34.8. The third-order valence-corrected chi connectivity index (χ3v) is 6.64. The zero-order valence-corrected chi connectivity index (χ0v) is 24.1. The van der Waals surface area contributed by atoms with Crippen LogP contribution in [0.15, 0.2) is 67.1 Å². The van der Waals surface area contributed by atoms with Gasteiger partial charge in [-0.15, -0.1) is 0 Å². The van der Waals surface area contributed by atoms with Gasteiger partial charge in [0.15, 0.2) is 11.5 Å². The average molecular weight is 641 g/mol. The summed E-state index contributed by atoms with van der Waals surface area (Å²) in [7, 11) is 4.15. The van der Waals surface area contributed by atoms with Crippen LogP contribution < -0.4 is 4.90 Å². The third kappa shape index (κ3) is 10.4. The van der Waals surface area contributed by atoms with Crippen molar-refractivity contribution in [3.8, 4) is 11.1 Å². The summed E-state index contributed by atoms with van der Waals surface area (Å²) in [5.74, 6) is -4.12. The molecule has 0 atom stereocenters. The monoisotopic (exact) mass is 640 g/mol. The number of benzene rings is 1. The first-order valence-electron chi connectivity index (χ1n) is 13.4. The summed E-state index contributed by atoms with van der Waals surface area (Å²) in [6, 6.07) is 17.0. The molecule has 1 aliphatic heterocycles. The zero-order chi connectivity index (χ0) is 33.4. The summed E-state index contributed by atoms with van der Waals surface area (Å²) < 4.78 is 65.4. The summed E-state index contributed by atoms with van der Waals surface area (Å²) in [6.45, 7) is 3.17. The number of anilines is 1. The van der Waals surface area contributed by atoms with Crippen molar-refractivity contribution in [1.29, 1.82) is 0 Å². The van der Waals surface area contributed by atoms with Gasteiger partial charge in [-0.2, -0.15) is 31.4 Å².